The van der Waals surface area contributed by atoms with Gasteiger partial charge in [0.05, 0.1) is 10.7 Å². The van der Waals surface area contributed by atoms with Crippen molar-refractivity contribution in [2.24, 2.45) is 5.92 Å². The number of hydrogen-bond donors (Lipinski definition) is 3. The summed E-state index contributed by atoms with van der Waals surface area (Å²) in [4.78, 5) is 11.9. The van der Waals surface area contributed by atoms with Gasteiger partial charge in [0.25, 0.3) is 0 Å². The van der Waals surface area contributed by atoms with E-state index in [1.54, 1.807) is 17.8 Å². The van der Waals surface area contributed by atoms with Gasteiger partial charge in [0, 0.05) is 18.4 Å². The number of halogens is 1. The van der Waals surface area contributed by atoms with Crippen LogP contribution in [0.3, 0.4) is 0 Å². The molecule has 2 unspecified atom stereocenters. The fourth-order valence-electron chi connectivity index (χ4n) is 1.59. The molecule has 6 heteroatoms. The number of thioether (sulfide) groups is 1. The van der Waals surface area contributed by atoms with Crippen molar-refractivity contribution in [1.82, 2.24) is 5.32 Å². The maximum Gasteiger partial charge on any atom is 0.319 e. The molecule has 1 rings (SSSR count). The molecule has 3 N–H and O–H groups in total. The first-order valence-electron chi connectivity index (χ1n) is 6.43. The van der Waals surface area contributed by atoms with E-state index in [0.717, 1.165) is 11.3 Å². The first kappa shape index (κ1) is 17.1. The highest BCUT2D eigenvalue weighted by Crippen LogP contribution is 2.24. The topological polar surface area (TPSA) is 61.4 Å². The van der Waals surface area contributed by atoms with Gasteiger partial charge < -0.3 is 15.7 Å². The van der Waals surface area contributed by atoms with E-state index in [1.165, 1.54) is 0 Å². The molecular formula is C14H21ClN2O2S. The lowest BCUT2D eigenvalue weighted by atomic mass is 10.1. The Bertz CT molecular complexity index is 457. The summed E-state index contributed by atoms with van der Waals surface area (Å²) in [6, 6.07) is 5.16. The quantitative estimate of drug-likeness (QED) is 0.754. The van der Waals surface area contributed by atoms with E-state index in [9.17, 15) is 4.79 Å². The summed E-state index contributed by atoms with van der Waals surface area (Å²) in [6.07, 6.45) is 2.02. The lowest BCUT2D eigenvalue weighted by Crippen LogP contribution is -2.40. The highest BCUT2D eigenvalue weighted by molar-refractivity contribution is 7.97. The predicted molar refractivity (Wildman–Crippen MR) is 86.5 cm³/mol. The fourth-order valence-corrected chi connectivity index (χ4v) is 2.27. The Morgan fingerprint density at radius 2 is 2.15 bits per heavy atom. The largest absolute Gasteiger partial charge is 0.396 e. The normalized spacial score (nSPS) is 13.7. The Hall–Kier alpha value is -0.910. The third-order valence-electron chi connectivity index (χ3n) is 3.09. The molecule has 0 saturated heterocycles. The second kappa shape index (κ2) is 8.39. The average molecular weight is 317 g/mol. The molecule has 0 aliphatic rings. The van der Waals surface area contributed by atoms with Gasteiger partial charge in [0.2, 0.25) is 0 Å². The number of anilines is 1. The van der Waals surface area contributed by atoms with Gasteiger partial charge in [0.15, 0.2) is 0 Å². The lowest BCUT2D eigenvalue weighted by Gasteiger charge is -2.20. The van der Waals surface area contributed by atoms with Crippen molar-refractivity contribution in [2.45, 2.75) is 25.6 Å². The van der Waals surface area contributed by atoms with Crippen molar-refractivity contribution in [3.63, 3.8) is 0 Å². The third-order valence-corrected chi connectivity index (χ3v) is 4.04. The van der Waals surface area contributed by atoms with Crippen LogP contribution in [0.1, 0.15) is 19.4 Å². The van der Waals surface area contributed by atoms with Gasteiger partial charge in [-0.05, 0) is 36.8 Å². The molecular weight excluding hydrogens is 296 g/mol. The Kier molecular flexibility index (Phi) is 7.19. The van der Waals surface area contributed by atoms with E-state index in [-0.39, 0.29) is 24.6 Å². The van der Waals surface area contributed by atoms with E-state index >= 15 is 0 Å². The molecule has 0 aromatic heterocycles. The van der Waals surface area contributed by atoms with E-state index in [0.29, 0.717) is 10.7 Å². The zero-order valence-electron chi connectivity index (χ0n) is 11.9. The van der Waals surface area contributed by atoms with Crippen LogP contribution >= 0.6 is 23.4 Å². The van der Waals surface area contributed by atoms with Crippen LogP contribution in [0.15, 0.2) is 18.2 Å². The number of rotatable bonds is 6. The summed E-state index contributed by atoms with van der Waals surface area (Å²) >= 11 is 7.78. The van der Waals surface area contributed by atoms with Gasteiger partial charge in [-0.3, -0.25) is 0 Å². The monoisotopic (exact) mass is 316 g/mol. The zero-order valence-corrected chi connectivity index (χ0v) is 13.5. The van der Waals surface area contributed by atoms with Crippen LogP contribution in [0, 0.1) is 5.92 Å². The molecule has 0 fully saturated rings. The number of carbonyl (C=O) groups is 1. The lowest BCUT2D eigenvalue weighted by molar-refractivity contribution is 0.204. The third kappa shape index (κ3) is 5.23. The molecule has 0 aliphatic carbocycles. The number of nitrogens with one attached hydrogen (secondary N) is 2. The van der Waals surface area contributed by atoms with Gasteiger partial charge in [-0.2, -0.15) is 11.8 Å². The summed E-state index contributed by atoms with van der Waals surface area (Å²) in [6.45, 7) is 3.76. The highest BCUT2D eigenvalue weighted by atomic mass is 35.5. The minimum Gasteiger partial charge on any atom is -0.396 e. The van der Waals surface area contributed by atoms with Gasteiger partial charge in [-0.1, -0.05) is 24.6 Å². The first-order valence-corrected chi connectivity index (χ1v) is 8.20. The minimum atomic E-state index is -0.319. The van der Waals surface area contributed by atoms with E-state index in [2.05, 4.69) is 10.6 Å². The molecule has 0 bridgehead atoms. The second-order valence-electron chi connectivity index (χ2n) is 4.79. The molecule has 0 saturated carbocycles. The maximum atomic E-state index is 11.9. The molecule has 2 atom stereocenters. The fraction of sp³-hybridized carbons (Fsp3) is 0.500. The summed E-state index contributed by atoms with van der Waals surface area (Å²) in [7, 11) is 0. The van der Waals surface area contributed by atoms with Crippen molar-refractivity contribution in [2.75, 3.05) is 18.2 Å². The van der Waals surface area contributed by atoms with Gasteiger partial charge in [-0.25, -0.2) is 4.79 Å². The highest BCUT2D eigenvalue weighted by Gasteiger charge is 2.14. The number of aliphatic hydroxyl groups is 1. The van der Waals surface area contributed by atoms with Crippen molar-refractivity contribution in [3.8, 4) is 0 Å². The molecule has 0 radical (unpaired) electrons. The molecule has 4 nitrogen and oxygen atoms in total. The number of aliphatic hydroxyl groups excluding tert-OH is 1. The Labute approximate surface area is 129 Å². The summed E-state index contributed by atoms with van der Waals surface area (Å²) in [5.41, 5.74) is 1.70. The van der Waals surface area contributed by atoms with E-state index in [1.807, 2.05) is 32.2 Å². The predicted octanol–water partition coefficient (Wildman–Crippen LogP) is 3.34. The number of benzene rings is 1. The summed E-state index contributed by atoms with van der Waals surface area (Å²) < 4.78 is 0. The second-order valence-corrected chi connectivity index (χ2v) is 6.07. The summed E-state index contributed by atoms with van der Waals surface area (Å²) in [5.74, 6) is 0.866. The van der Waals surface area contributed by atoms with Gasteiger partial charge in [0.1, 0.15) is 0 Å². The number of amides is 2. The Morgan fingerprint density at radius 3 is 2.75 bits per heavy atom. The van der Waals surface area contributed by atoms with Crippen molar-refractivity contribution in [3.05, 3.63) is 28.8 Å². The maximum absolute atomic E-state index is 11.9. The molecule has 1 aromatic rings. The smallest absolute Gasteiger partial charge is 0.319 e. The molecule has 0 spiro atoms. The molecule has 2 amide bonds. The van der Waals surface area contributed by atoms with Gasteiger partial charge in [-0.15, -0.1) is 0 Å². The number of hydrogen-bond acceptors (Lipinski definition) is 3. The molecule has 112 valence electrons. The molecule has 20 heavy (non-hydrogen) atoms. The zero-order chi connectivity index (χ0) is 15.1. The van der Waals surface area contributed by atoms with Crippen LogP contribution in [0.5, 0.6) is 0 Å². The standard InChI is InChI=1S/C14H21ClN2O2S/c1-9(7-18)10(2)16-14(19)17-13-6-11(8-20-3)4-5-12(13)15/h4-6,9-10,18H,7-8H2,1-3H3,(H2,16,17,19). The van der Waals surface area contributed by atoms with Crippen molar-refractivity contribution >= 4 is 35.1 Å². The van der Waals surface area contributed by atoms with Crippen LogP contribution in [0.25, 0.3) is 0 Å². The number of carbonyl (C=O) groups excluding carboxylic acids is 1. The molecule has 0 heterocycles. The number of urea groups is 1. The van der Waals surface area contributed by atoms with Crippen LogP contribution < -0.4 is 10.6 Å². The first-order chi connectivity index (χ1) is 9.47. The Morgan fingerprint density at radius 1 is 1.45 bits per heavy atom. The Balaban J connectivity index is 2.67. The van der Waals surface area contributed by atoms with Crippen molar-refractivity contribution in [1.29, 1.82) is 0 Å². The van der Waals surface area contributed by atoms with Crippen molar-refractivity contribution < 1.29 is 9.90 Å². The van der Waals surface area contributed by atoms with E-state index in [4.69, 9.17) is 16.7 Å². The molecule has 0 aliphatic heterocycles. The van der Waals surface area contributed by atoms with Crippen LogP contribution in [0.2, 0.25) is 5.02 Å². The van der Waals surface area contributed by atoms with Crippen LogP contribution in [-0.4, -0.2) is 30.0 Å². The minimum absolute atomic E-state index is 0.000882. The van der Waals surface area contributed by atoms with Gasteiger partial charge >= 0.3 is 6.03 Å². The SMILES string of the molecule is CSCc1ccc(Cl)c(NC(=O)NC(C)C(C)CO)c1. The van der Waals surface area contributed by atoms with Crippen LogP contribution in [0.4, 0.5) is 10.5 Å². The summed E-state index contributed by atoms with van der Waals surface area (Å²) in [5, 5.41) is 15.1. The average Bonchev–Trinajstić information content (AvgIpc) is 2.41. The van der Waals surface area contributed by atoms with E-state index < -0.39 is 0 Å². The van der Waals surface area contributed by atoms with Crippen LogP contribution in [-0.2, 0) is 5.75 Å². The molecule has 1 aromatic carbocycles.